The molecular weight excluding hydrogens is 403 g/mol. The van der Waals surface area contributed by atoms with Crippen molar-refractivity contribution in [2.75, 3.05) is 17.6 Å². The highest BCUT2D eigenvalue weighted by Gasteiger charge is 2.13. The number of hydrogen-bond acceptors (Lipinski definition) is 3. The van der Waals surface area contributed by atoms with E-state index in [-0.39, 0.29) is 17.6 Å². The molecule has 0 aliphatic heterocycles. The second-order valence-corrected chi connectivity index (χ2v) is 8.24. The molecule has 2 N–H and O–H groups in total. The minimum atomic E-state index is -0.192. The first-order valence-corrected chi connectivity index (χ1v) is 10.5. The highest BCUT2D eigenvalue weighted by atomic mass is 35.5. The van der Waals surface area contributed by atoms with Crippen LogP contribution in [0.4, 0.5) is 5.69 Å². The van der Waals surface area contributed by atoms with Crippen LogP contribution in [0.1, 0.15) is 29.8 Å². The summed E-state index contributed by atoms with van der Waals surface area (Å²) in [6.07, 6.45) is 0. The average molecular weight is 425 g/mol. The fraction of sp³-hybridized carbons (Fsp3) is 0.300. The summed E-state index contributed by atoms with van der Waals surface area (Å²) in [6, 6.07) is 12.4. The first kappa shape index (κ1) is 21.6. The molecule has 0 spiro atoms. The molecule has 2 aromatic rings. The largest absolute Gasteiger partial charge is 0.352 e. The second-order valence-electron chi connectivity index (χ2n) is 6.44. The highest BCUT2D eigenvalue weighted by molar-refractivity contribution is 7.99. The number of halogens is 2. The summed E-state index contributed by atoms with van der Waals surface area (Å²) in [4.78, 5) is 24.6. The number of nitrogens with one attached hydrogen (secondary N) is 2. The van der Waals surface area contributed by atoms with Gasteiger partial charge in [0.1, 0.15) is 0 Å². The van der Waals surface area contributed by atoms with Crippen molar-refractivity contribution in [1.29, 1.82) is 0 Å². The van der Waals surface area contributed by atoms with Crippen LogP contribution in [0.5, 0.6) is 0 Å². The summed E-state index contributed by atoms with van der Waals surface area (Å²) < 4.78 is 0. The number of thioether (sulfide) groups is 1. The third kappa shape index (κ3) is 7.09. The zero-order chi connectivity index (χ0) is 19.8. The van der Waals surface area contributed by atoms with Gasteiger partial charge in [0.15, 0.2) is 0 Å². The fourth-order valence-corrected chi connectivity index (χ4v) is 3.36. The number of carbonyl (C=O) groups is 2. The summed E-state index contributed by atoms with van der Waals surface area (Å²) in [6.45, 7) is 4.64. The normalized spacial score (nSPS) is 10.7. The third-order valence-electron chi connectivity index (χ3n) is 3.60. The lowest BCUT2D eigenvalue weighted by Crippen LogP contribution is -2.28. The quantitative estimate of drug-likeness (QED) is 0.607. The summed E-state index contributed by atoms with van der Waals surface area (Å²) in [5.41, 5.74) is 1.97. The number of benzene rings is 2. The Morgan fingerprint density at radius 1 is 1.07 bits per heavy atom. The van der Waals surface area contributed by atoms with Crippen molar-refractivity contribution in [3.05, 3.63) is 63.6 Å². The molecule has 0 aromatic heterocycles. The van der Waals surface area contributed by atoms with Crippen molar-refractivity contribution < 1.29 is 9.59 Å². The van der Waals surface area contributed by atoms with Crippen LogP contribution in [0.15, 0.2) is 42.5 Å². The van der Waals surface area contributed by atoms with Crippen molar-refractivity contribution in [2.24, 2.45) is 5.92 Å². The van der Waals surface area contributed by atoms with Gasteiger partial charge in [-0.05, 0) is 35.7 Å². The van der Waals surface area contributed by atoms with Gasteiger partial charge in [-0.1, -0.05) is 55.2 Å². The molecule has 0 radical (unpaired) electrons. The van der Waals surface area contributed by atoms with Crippen molar-refractivity contribution in [1.82, 2.24) is 5.32 Å². The summed E-state index contributed by atoms with van der Waals surface area (Å²) >= 11 is 13.4. The van der Waals surface area contributed by atoms with E-state index >= 15 is 0 Å². The number of para-hydroxylation sites is 1. The van der Waals surface area contributed by atoms with E-state index in [9.17, 15) is 9.59 Å². The molecule has 0 saturated carbocycles. The molecule has 0 aliphatic rings. The zero-order valence-electron chi connectivity index (χ0n) is 15.2. The van der Waals surface area contributed by atoms with Crippen LogP contribution >= 0.6 is 35.0 Å². The first-order chi connectivity index (χ1) is 12.9. The Morgan fingerprint density at radius 3 is 2.52 bits per heavy atom. The summed E-state index contributed by atoms with van der Waals surface area (Å²) in [7, 11) is 0. The summed E-state index contributed by atoms with van der Waals surface area (Å²) in [5, 5.41) is 6.70. The van der Waals surface area contributed by atoms with Crippen molar-refractivity contribution in [3.8, 4) is 0 Å². The maximum absolute atomic E-state index is 12.3. The van der Waals surface area contributed by atoms with E-state index in [0.29, 0.717) is 39.5 Å². The molecule has 0 heterocycles. The van der Waals surface area contributed by atoms with Crippen LogP contribution in [-0.4, -0.2) is 24.1 Å². The zero-order valence-corrected chi connectivity index (χ0v) is 17.5. The van der Waals surface area contributed by atoms with Gasteiger partial charge in [0, 0.05) is 12.3 Å². The van der Waals surface area contributed by atoms with Crippen molar-refractivity contribution >= 4 is 52.5 Å². The molecule has 0 unspecified atom stereocenters. The lowest BCUT2D eigenvalue weighted by molar-refractivity contribution is -0.113. The number of carbonyl (C=O) groups excluding carboxylic acids is 2. The molecular formula is C20H22Cl2N2O2S. The predicted octanol–water partition coefficient (Wildman–Crippen LogP) is 5.25. The van der Waals surface area contributed by atoms with Crippen molar-refractivity contribution in [2.45, 2.75) is 19.6 Å². The number of amides is 2. The SMILES string of the molecule is CC(C)CNC(=O)c1ccccc1NC(=O)CSCc1ccc(Cl)c(Cl)c1. The molecule has 2 aromatic carbocycles. The Hall–Kier alpha value is -1.69. The molecule has 0 aliphatic carbocycles. The molecule has 0 saturated heterocycles. The van der Waals surface area contributed by atoms with E-state index in [1.807, 2.05) is 19.9 Å². The third-order valence-corrected chi connectivity index (χ3v) is 5.35. The lowest BCUT2D eigenvalue weighted by Gasteiger charge is -2.12. The minimum Gasteiger partial charge on any atom is -0.352 e. The van der Waals surface area contributed by atoms with Gasteiger partial charge in [-0.15, -0.1) is 11.8 Å². The number of rotatable bonds is 8. The van der Waals surface area contributed by atoms with Crippen LogP contribution < -0.4 is 10.6 Å². The van der Waals surface area contributed by atoms with Gasteiger partial charge in [0.25, 0.3) is 5.91 Å². The fourth-order valence-electron chi connectivity index (χ4n) is 2.26. The van der Waals surface area contributed by atoms with Gasteiger partial charge in [-0.25, -0.2) is 0 Å². The second kappa shape index (κ2) is 10.6. The molecule has 7 heteroatoms. The monoisotopic (exact) mass is 424 g/mol. The molecule has 2 rings (SSSR count). The Kier molecular flexibility index (Phi) is 8.48. The van der Waals surface area contributed by atoms with E-state index in [0.717, 1.165) is 5.56 Å². The Labute approximate surface area is 174 Å². The molecule has 2 amide bonds. The first-order valence-electron chi connectivity index (χ1n) is 8.55. The van der Waals surface area contributed by atoms with Crippen molar-refractivity contribution in [3.63, 3.8) is 0 Å². The standard InChI is InChI=1S/C20H22Cl2N2O2S/c1-13(2)10-23-20(26)15-5-3-4-6-18(15)24-19(25)12-27-11-14-7-8-16(21)17(22)9-14/h3-9,13H,10-12H2,1-2H3,(H,23,26)(H,24,25). The molecule has 0 bridgehead atoms. The average Bonchev–Trinajstić information content (AvgIpc) is 2.63. The Bertz CT molecular complexity index is 812. The van der Waals surface area contributed by atoms with Crippen LogP contribution in [0.25, 0.3) is 0 Å². The van der Waals surface area contributed by atoms with E-state index in [1.54, 1.807) is 36.4 Å². The van der Waals surface area contributed by atoms with Gasteiger partial charge in [-0.3, -0.25) is 9.59 Å². The molecule has 4 nitrogen and oxygen atoms in total. The van der Waals surface area contributed by atoms with Crippen LogP contribution in [0, 0.1) is 5.92 Å². The van der Waals surface area contributed by atoms with E-state index < -0.39 is 0 Å². The van der Waals surface area contributed by atoms with E-state index in [1.165, 1.54) is 11.8 Å². The van der Waals surface area contributed by atoms with Crippen LogP contribution in [0.2, 0.25) is 10.0 Å². The van der Waals surface area contributed by atoms with Gasteiger partial charge < -0.3 is 10.6 Å². The Balaban J connectivity index is 1.89. The maximum Gasteiger partial charge on any atom is 0.253 e. The minimum absolute atomic E-state index is 0.163. The predicted molar refractivity (Wildman–Crippen MR) is 115 cm³/mol. The smallest absolute Gasteiger partial charge is 0.253 e. The van der Waals surface area contributed by atoms with Gasteiger partial charge in [0.05, 0.1) is 27.0 Å². The van der Waals surface area contributed by atoms with E-state index in [2.05, 4.69) is 10.6 Å². The molecule has 27 heavy (non-hydrogen) atoms. The molecule has 144 valence electrons. The summed E-state index contributed by atoms with van der Waals surface area (Å²) in [5.74, 6) is 0.906. The molecule has 0 fully saturated rings. The highest BCUT2D eigenvalue weighted by Crippen LogP contribution is 2.24. The van der Waals surface area contributed by atoms with Crippen LogP contribution in [-0.2, 0) is 10.5 Å². The van der Waals surface area contributed by atoms with Crippen LogP contribution in [0.3, 0.4) is 0 Å². The van der Waals surface area contributed by atoms with Gasteiger partial charge in [0.2, 0.25) is 5.91 Å². The van der Waals surface area contributed by atoms with Gasteiger partial charge in [-0.2, -0.15) is 0 Å². The topological polar surface area (TPSA) is 58.2 Å². The van der Waals surface area contributed by atoms with Gasteiger partial charge >= 0.3 is 0 Å². The molecule has 0 atom stereocenters. The lowest BCUT2D eigenvalue weighted by atomic mass is 10.1. The van der Waals surface area contributed by atoms with E-state index in [4.69, 9.17) is 23.2 Å². The Morgan fingerprint density at radius 2 is 1.81 bits per heavy atom. The maximum atomic E-state index is 12.3. The number of hydrogen-bond donors (Lipinski definition) is 2. The number of anilines is 1.